The molecule has 2 nitrogen and oxygen atoms in total. The van der Waals surface area contributed by atoms with Gasteiger partial charge in [0, 0.05) is 5.56 Å². The predicted octanol–water partition coefficient (Wildman–Crippen LogP) is 4.60. The van der Waals surface area contributed by atoms with Crippen molar-refractivity contribution in [1.82, 2.24) is 0 Å². The quantitative estimate of drug-likeness (QED) is 0.545. The van der Waals surface area contributed by atoms with Crippen molar-refractivity contribution in [3.63, 3.8) is 0 Å². The molecule has 0 N–H and O–H groups in total. The number of aryl methyl sites for hydroxylation is 1. The maximum atomic E-state index is 6.11. The van der Waals surface area contributed by atoms with E-state index in [4.69, 9.17) is 16.4 Å². The molecule has 0 bridgehead atoms. The third-order valence-corrected chi connectivity index (χ3v) is 2.81. The van der Waals surface area contributed by atoms with E-state index in [0.717, 1.165) is 12.0 Å². The lowest BCUT2D eigenvalue weighted by atomic mass is 10.0. The molecular formula is C15H22ClNO. The van der Waals surface area contributed by atoms with Crippen LogP contribution in [0.15, 0.2) is 29.4 Å². The average molecular weight is 268 g/mol. The summed E-state index contributed by atoms with van der Waals surface area (Å²) in [5, 5.41) is 4.32. The average Bonchev–Trinajstić information content (AvgIpc) is 2.33. The fourth-order valence-corrected chi connectivity index (χ4v) is 1.67. The summed E-state index contributed by atoms with van der Waals surface area (Å²) < 4.78 is 0. The van der Waals surface area contributed by atoms with E-state index in [1.165, 1.54) is 12.0 Å². The number of halogens is 1. The SMILES string of the molecule is CC(C)CCc1cccc(/C(Cl)=N\OC(C)C)c1. The summed E-state index contributed by atoms with van der Waals surface area (Å²) in [5.74, 6) is 0.710. The van der Waals surface area contributed by atoms with Gasteiger partial charge in [0.25, 0.3) is 0 Å². The minimum absolute atomic E-state index is 0.0443. The van der Waals surface area contributed by atoms with E-state index >= 15 is 0 Å². The molecule has 18 heavy (non-hydrogen) atoms. The van der Waals surface area contributed by atoms with Crippen LogP contribution in [-0.4, -0.2) is 11.3 Å². The normalized spacial score (nSPS) is 12.3. The van der Waals surface area contributed by atoms with Crippen LogP contribution in [0.5, 0.6) is 0 Å². The molecule has 0 saturated heterocycles. The zero-order valence-corrected chi connectivity index (χ0v) is 12.4. The first-order chi connectivity index (χ1) is 8.49. The van der Waals surface area contributed by atoms with Crippen LogP contribution in [0, 0.1) is 5.92 Å². The highest BCUT2D eigenvalue weighted by molar-refractivity contribution is 6.69. The van der Waals surface area contributed by atoms with Crippen LogP contribution in [-0.2, 0) is 11.3 Å². The molecule has 0 unspecified atom stereocenters. The van der Waals surface area contributed by atoms with Gasteiger partial charge in [-0.15, -0.1) is 0 Å². The lowest BCUT2D eigenvalue weighted by molar-refractivity contribution is 0.0868. The number of oxime groups is 1. The molecule has 1 aromatic carbocycles. The molecule has 0 heterocycles. The standard InChI is InChI=1S/C15H22ClNO/c1-11(2)8-9-13-6-5-7-14(10-13)15(16)17-18-12(3)4/h5-7,10-12H,8-9H2,1-4H3/b17-15+. The Balaban J connectivity index is 2.72. The summed E-state index contributed by atoms with van der Waals surface area (Å²) in [6, 6.07) is 8.17. The Hall–Kier alpha value is -1.02. The maximum Gasteiger partial charge on any atom is 0.175 e. The van der Waals surface area contributed by atoms with Gasteiger partial charge in [-0.25, -0.2) is 0 Å². The highest BCUT2D eigenvalue weighted by Gasteiger charge is 2.04. The van der Waals surface area contributed by atoms with E-state index in [9.17, 15) is 0 Å². The largest absolute Gasteiger partial charge is 0.392 e. The van der Waals surface area contributed by atoms with Crippen molar-refractivity contribution in [3.05, 3.63) is 35.4 Å². The Kier molecular flexibility index (Phi) is 6.20. The second kappa shape index (κ2) is 7.42. The molecule has 100 valence electrons. The van der Waals surface area contributed by atoms with Gasteiger partial charge in [0.2, 0.25) is 0 Å². The molecule has 1 aromatic rings. The van der Waals surface area contributed by atoms with Crippen molar-refractivity contribution < 1.29 is 4.84 Å². The summed E-state index contributed by atoms with van der Waals surface area (Å²) in [4.78, 5) is 5.15. The highest BCUT2D eigenvalue weighted by atomic mass is 35.5. The fraction of sp³-hybridized carbons (Fsp3) is 0.533. The molecule has 0 aliphatic heterocycles. The number of rotatable bonds is 6. The Bertz CT molecular complexity index is 399. The summed E-state index contributed by atoms with van der Waals surface area (Å²) in [5.41, 5.74) is 2.21. The van der Waals surface area contributed by atoms with Gasteiger partial charge in [-0.2, -0.15) is 0 Å². The fourth-order valence-electron chi connectivity index (χ4n) is 1.51. The molecule has 0 radical (unpaired) electrons. The third-order valence-electron chi connectivity index (χ3n) is 2.52. The van der Waals surface area contributed by atoms with E-state index in [2.05, 4.69) is 31.1 Å². The molecule has 0 amide bonds. The van der Waals surface area contributed by atoms with Crippen molar-refractivity contribution in [2.45, 2.75) is 46.6 Å². The number of hydrogen-bond donors (Lipinski definition) is 0. The van der Waals surface area contributed by atoms with Crippen molar-refractivity contribution in [3.8, 4) is 0 Å². The van der Waals surface area contributed by atoms with Gasteiger partial charge in [-0.05, 0) is 44.2 Å². The Morgan fingerprint density at radius 1 is 1.28 bits per heavy atom. The first kappa shape index (κ1) is 15.0. The summed E-state index contributed by atoms with van der Waals surface area (Å²) in [6.07, 6.45) is 2.30. The zero-order chi connectivity index (χ0) is 13.5. The van der Waals surface area contributed by atoms with Crippen LogP contribution in [0.4, 0.5) is 0 Å². The molecule has 0 saturated carbocycles. The van der Waals surface area contributed by atoms with E-state index in [-0.39, 0.29) is 6.10 Å². The molecule has 0 atom stereocenters. The molecule has 0 aliphatic carbocycles. The lowest BCUT2D eigenvalue weighted by Gasteiger charge is -2.07. The Labute approximate surface area is 115 Å². The predicted molar refractivity (Wildman–Crippen MR) is 78.2 cm³/mol. The second-order valence-corrected chi connectivity index (χ2v) is 5.53. The van der Waals surface area contributed by atoms with Crippen molar-refractivity contribution in [2.75, 3.05) is 0 Å². The van der Waals surface area contributed by atoms with Gasteiger partial charge in [-0.1, -0.05) is 48.8 Å². The smallest absolute Gasteiger partial charge is 0.175 e. The van der Waals surface area contributed by atoms with Gasteiger partial charge in [0.05, 0.1) is 0 Å². The van der Waals surface area contributed by atoms with E-state index in [1.807, 2.05) is 26.0 Å². The first-order valence-corrected chi connectivity index (χ1v) is 6.85. The van der Waals surface area contributed by atoms with Crippen molar-refractivity contribution >= 4 is 16.8 Å². The Morgan fingerprint density at radius 3 is 2.61 bits per heavy atom. The van der Waals surface area contributed by atoms with E-state index < -0.39 is 0 Å². The molecule has 0 aromatic heterocycles. The number of nitrogens with zero attached hydrogens (tertiary/aromatic N) is 1. The van der Waals surface area contributed by atoms with Crippen LogP contribution < -0.4 is 0 Å². The van der Waals surface area contributed by atoms with Crippen LogP contribution >= 0.6 is 11.6 Å². The zero-order valence-electron chi connectivity index (χ0n) is 11.6. The van der Waals surface area contributed by atoms with Gasteiger partial charge < -0.3 is 4.84 Å². The molecule has 0 fully saturated rings. The number of hydrogen-bond acceptors (Lipinski definition) is 2. The summed E-state index contributed by atoms with van der Waals surface area (Å²) in [6.45, 7) is 8.31. The van der Waals surface area contributed by atoms with Gasteiger partial charge in [-0.3, -0.25) is 0 Å². The molecule has 3 heteroatoms. The minimum Gasteiger partial charge on any atom is -0.392 e. The van der Waals surface area contributed by atoms with Crippen molar-refractivity contribution in [2.24, 2.45) is 11.1 Å². The maximum absolute atomic E-state index is 6.11. The van der Waals surface area contributed by atoms with Gasteiger partial charge in [0.15, 0.2) is 5.17 Å². The summed E-state index contributed by atoms with van der Waals surface area (Å²) in [7, 11) is 0. The minimum atomic E-state index is 0.0443. The topological polar surface area (TPSA) is 21.6 Å². The van der Waals surface area contributed by atoms with Crippen LogP contribution in [0.3, 0.4) is 0 Å². The van der Waals surface area contributed by atoms with Crippen LogP contribution in [0.2, 0.25) is 0 Å². The molecule has 1 rings (SSSR count). The lowest BCUT2D eigenvalue weighted by Crippen LogP contribution is -2.00. The van der Waals surface area contributed by atoms with Crippen LogP contribution in [0.1, 0.15) is 45.2 Å². The molecule has 0 aliphatic rings. The van der Waals surface area contributed by atoms with Gasteiger partial charge in [0.1, 0.15) is 6.10 Å². The molecule has 0 spiro atoms. The molecular weight excluding hydrogens is 246 g/mol. The second-order valence-electron chi connectivity index (χ2n) is 5.17. The first-order valence-electron chi connectivity index (χ1n) is 6.47. The van der Waals surface area contributed by atoms with Crippen LogP contribution in [0.25, 0.3) is 0 Å². The Morgan fingerprint density at radius 2 is 2.00 bits per heavy atom. The summed E-state index contributed by atoms with van der Waals surface area (Å²) >= 11 is 6.11. The van der Waals surface area contributed by atoms with E-state index in [0.29, 0.717) is 11.1 Å². The van der Waals surface area contributed by atoms with E-state index in [1.54, 1.807) is 0 Å². The number of benzene rings is 1. The highest BCUT2D eigenvalue weighted by Crippen LogP contribution is 2.13. The monoisotopic (exact) mass is 267 g/mol. The van der Waals surface area contributed by atoms with Gasteiger partial charge >= 0.3 is 0 Å². The van der Waals surface area contributed by atoms with Crippen molar-refractivity contribution in [1.29, 1.82) is 0 Å². The third kappa shape index (κ3) is 5.54.